The first-order valence-corrected chi connectivity index (χ1v) is 10.7. The number of sulfonamides is 1. The number of benzene rings is 2. The lowest BCUT2D eigenvalue weighted by Crippen LogP contribution is -2.49. The van der Waals surface area contributed by atoms with Crippen molar-refractivity contribution in [1.29, 1.82) is 0 Å². The molecule has 0 spiro atoms. The molecule has 6 nitrogen and oxygen atoms in total. The lowest BCUT2D eigenvalue weighted by molar-refractivity contribution is -0.120. The first-order chi connectivity index (χ1) is 13.6. The van der Waals surface area contributed by atoms with Crippen LogP contribution in [0.4, 0.5) is 5.69 Å². The molecule has 1 aliphatic heterocycles. The summed E-state index contributed by atoms with van der Waals surface area (Å²) in [5, 5.41) is 3.75. The number of pyridine rings is 1. The molecule has 1 aromatic heterocycles. The monoisotopic (exact) mass is 395 g/mol. The first kappa shape index (κ1) is 18.6. The van der Waals surface area contributed by atoms with E-state index in [9.17, 15) is 13.2 Å². The van der Waals surface area contributed by atoms with Gasteiger partial charge in [-0.1, -0.05) is 30.7 Å². The molecule has 1 fully saturated rings. The Morgan fingerprint density at radius 2 is 1.82 bits per heavy atom. The van der Waals surface area contributed by atoms with Crippen LogP contribution >= 0.6 is 0 Å². The molecule has 0 unspecified atom stereocenters. The number of aromatic nitrogens is 1. The van der Waals surface area contributed by atoms with Gasteiger partial charge in [-0.2, -0.15) is 4.31 Å². The van der Waals surface area contributed by atoms with Crippen LogP contribution in [0.25, 0.3) is 10.9 Å². The van der Waals surface area contributed by atoms with Crippen LogP contribution in [0.2, 0.25) is 0 Å². The fraction of sp³-hybridized carbons (Fsp3) is 0.238. The fourth-order valence-electron chi connectivity index (χ4n) is 3.61. The van der Waals surface area contributed by atoms with Crippen molar-refractivity contribution in [3.8, 4) is 0 Å². The molecule has 4 rings (SSSR count). The molecule has 0 aliphatic carbocycles. The maximum Gasteiger partial charge on any atom is 0.243 e. The number of piperidine rings is 1. The molecule has 0 saturated carbocycles. The maximum atomic E-state index is 13.1. The summed E-state index contributed by atoms with van der Waals surface area (Å²) in [7, 11) is -3.73. The third kappa shape index (κ3) is 3.50. The number of hydrogen-bond acceptors (Lipinski definition) is 4. The van der Waals surface area contributed by atoms with Gasteiger partial charge < -0.3 is 5.32 Å². The second-order valence-electron chi connectivity index (χ2n) is 6.81. The third-order valence-corrected chi connectivity index (χ3v) is 6.93. The number of anilines is 1. The summed E-state index contributed by atoms with van der Waals surface area (Å²) in [4.78, 5) is 17.6. The summed E-state index contributed by atoms with van der Waals surface area (Å²) in [5.41, 5.74) is 1.41. The van der Waals surface area contributed by atoms with E-state index in [1.807, 2.05) is 24.3 Å². The second-order valence-corrected chi connectivity index (χ2v) is 8.70. The van der Waals surface area contributed by atoms with Crippen molar-refractivity contribution in [1.82, 2.24) is 9.29 Å². The zero-order chi connectivity index (χ0) is 19.6. The molecule has 1 N–H and O–H groups in total. The normalized spacial score (nSPS) is 18.1. The van der Waals surface area contributed by atoms with Gasteiger partial charge in [0.05, 0.1) is 16.1 Å². The Bertz CT molecular complexity index is 1090. The van der Waals surface area contributed by atoms with Gasteiger partial charge in [0.15, 0.2) is 0 Å². The molecule has 2 aromatic carbocycles. The number of nitrogens with zero attached hydrogens (tertiary/aromatic N) is 2. The summed E-state index contributed by atoms with van der Waals surface area (Å²) < 4.78 is 27.5. The van der Waals surface area contributed by atoms with Crippen molar-refractivity contribution in [3.05, 3.63) is 66.9 Å². The summed E-state index contributed by atoms with van der Waals surface area (Å²) in [6.45, 7) is 0.340. The van der Waals surface area contributed by atoms with Gasteiger partial charge in [0, 0.05) is 18.1 Å². The highest BCUT2D eigenvalue weighted by Crippen LogP contribution is 2.27. The average molecular weight is 395 g/mol. The van der Waals surface area contributed by atoms with Gasteiger partial charge >= 0.3 is 0 Å². The van der Waals surface area contributed by atoms with Gasteiger partial charge in [0.2, 0.25) is 15.9 Å². The third-order valence-electron chi connectivity index (χ3n) is 5.01. The van der Waals surface area contributed by atoms with Crippen molar-refractivity contribution in [2.45, 2.75) is 30.2 Å². The van der Waals surface area contributed by atoms with E-state index in [0.717, 1.165) is 23.7 Å². The van der Waals surface area contributed by atoms with E-state index < -0.39 is 16.1 Å². The number of amides is 1. The van der Waals surface area contributed by atoms with Crippen molar-refractivity contribution < 1.29 is 13.2 Å². The van der Waals surface area contributed by atoms with E-state index in [1.54, 1.807) is 42.6 Å². The van der Waals surface area contributed by atoms with E-state index in [-0.39, 0.29) is 10.8 Å². The molecule has 2 heterocycles. The van der Waals surface area contributed by atoms with E-state index in [0.29, 0.717) is 18.7 Å². The lowest BCUT2D eigenvalue weighted by Gasteiger charge is -2.33. The zero-order valence-electron chi connectivity index (χ0n) is 15.3. The van der Waals surface area contributed by atoms with Gasteiger partial charge in [0.25, 0.3) is 0 Å². The zero-order valence-corrected chi connectivity index (χ0v) is 16.1. The topological polar surface area (TPSA) is 79.4 Å². The lowest BCUT2D eigenvalue weighted by atomic mass is 10.0. The summed E-state index contributed by atoms with van der Waals surface area (Å²) >= 11 is 0. The minimum absolute atomic E-state index is 0.212. The van der Waals surface area contributed by atoms with Crippen LogP contribution in [0.5, 0.6) is 0 Å². The molecule has 1 atom stereocenters. The molecule has 1 aliphatic rings. The molecule has 1 saturated heterocycles. The Morgan fingerprint density at radius 1 is 1.00 bits per heavy atom. The summed E-state index contributed by atoms with van der Waals surface area (Å²) in [5.74, 6) is -0.310. The highest BCUT2D eigenvalue weighted by atomic mass is 32.2. The highest BCUT2D eigenvalue weighted by Gasteiger charge is 2.37. The Labute approximate surface area is 164 Å². The minimum atomic E-state index is -3.73. The molecule has 7 heteroatoms. The smallest absolute Gasteiger partial charge is 0.243 e. The van der Waals surface area contributed by atoms with Gasteiger partial charge in [0.1, 0.15) is 6.04 Å². The van der Waals surface area contributed by atoms with Crippen LogP contribution in [0.3, 0.4) is 0 Å². The largest absolute Gasteiger partial charge is 0.324 e. The van der Waals surface area contributed by atoms with Crippen molar-refractivity contribution in [2.24, 2.45) is 0 Å². The number of nitrogens with one attached hydrogen (secondary N) is 1. The Balaban J connectivity index is 1.63. The summed E-state index contributed by atoms with van der Waals surface area (Å²) in [6, 6.07) is 16.7. The molecule has 28 heavy (non-hydrogen) atoms. The predicted molar refractivity (Wildman–Crippen MR) is 108 cm³/mol. The van der Waals surface area contributed by atoms with Crippen LogP contribution in [0, 0.1) is 0 Å². The number of fused-ring (bicyclic) bond motifs is 1. The van der Waals surface area contributed by atoms with Crippen LogP contribution < -0.4 is 5.32 Å². The van der Waals surface area contributed by atoms with E-state index >= 15 is 0 Å². The fourth-order valence-corrected chi connectivity index (χ4v) is 5.29. The van der Waals surface area contributed by atoms with Crippen molar-refractivity contribution in [3.63, 3.8) is 0 Å². The summed E-state index contributed by atoms with van der Waals surface area (Å²) in [6.07, 6.45) is 3.76. The Kier molecular flexibility index (Phi) is 5.11. The molecular weight excluding hydrogens is 374 g/mol. The number of carbonyl (C=O) groups is 1. The quantitative estimate of drug-likeness (QED) is 0.734. The number of carbonyl (C=O) groups excluding carboxylic acids is 1. The molecule has 0 bridgehead atoms. The number of rotatable bonds is 4. The van der Waals surface area contributed by atoms with Crippen LogP contribution in [0.1, 0.15) is 19.3 Å². The van der Waals surface area contributed by atoms with Crippen LogP contribution in [-0.2, 0) is 14.8 Å². The average Bonchev–Trinajstić information content (AvgIpc) is 2.74. The van der Waals surface area contributed by atoms with Crippen molar-refractivity contribution in [2.75, 3.05) is 11.9 Å². The molecule has 0 radical (unpaired) electrons. The van der Waals surface area contributed by atoms with Crippen LogP contribution in [0.15, 0.2) is 71.8 Å². The predicted octanol–water partition coefficient (Wildman–Crippen LogP) is 3.42. The SMILES string of the molecule is O=C(Nc1cccc2ncccc12)[C@H]1CCCCN1S(=O)(=O)c1ccccc1. The highest BCUT2D eigenvalue weighted by molar-refractivity contribution is 7.89. The second kappa shape index (κ2) is 7.69. The Hall–Kier alpha value is -2.77. The molecule has 144 valence electrons. The van der Waals surface area contributed by atoms with Crippen molar-refractivity contribution >= 4 is 32.5 Å². The number of hydrogen-bond donors (Lipinski definition) is 1. The standard InChI is InChI=1S/C21H21N3O3S/c25-21(23-19-12-6-11-18-17(19)10-7-14-22-18)20-13-4-5-15-24(20)28(26,27)16-8-2-1-3-9-16/h1-3,6-12,14,20H,4-5,13,15H2,(H,23,25)/t20-/m1/s1. The van der Waals surface area contributed by atoms with E-state index in [4.69, 9.17) is 0 Å². The molecular formula is C21H21N3O3S. The van der Waals surface area contributed by atoms with Gasteiger partial charge in [-0.15, -0.1) is 0 Å². The van der Waals surface area contributed by atoms with E-state index in [1.165, 1.54) is 4.31 Å². The van der Waals surface area contributed by atoms with Gasteiger partial charge in [-0.25, -0.2) is 8.42 Å². The Morgan fingerprint density at radius 3 is 2.64 bits per heavy atom. The first-order valence-electron chi connectivity index (χ1n) is 9.29. The van der Waals surface area contributed by atoms with Crippen LogP contribution in [-0.4, -0.2) is 36.2 Å². The van der Waals surface area contributed by atoms with Gasteiger partial charge in [-0.05, 0) is 49.2 Å². The minimum Gasteiger partial charge on any atom is -0.324 e. The molecule has 1 amide bonds. The molecule has 3 aromatic rings. The maximum absolute atomic E-state index is 13.1. The van der Waals surface area contributed by atoms with E-state index in [2.05, 4.69) is 10.3 Å². The van der Waals surface area contributed by atoms with Gasteiger partial charge in [-0.3, -0.25) is 9.78 Å².